The Morgan fingerprint density at radius 3 is 2.50 bits per heavy atom. The third kappa shape index (κ3) is 4.41. The van der Waals surface area contributed by atoms with Gasteiger partial charge in [0.1, 0.15) is 6.04 Å². The van der Waals surface area contributed by atoms with Crippen LogP contribution in [0.2, 0.25) is 0 Å². The number of aliphatic hydroxyl groups is 1. The third-order valence-corrected chi connectivity index (χ3v) is 11.7. The molecule has 2 bridgehead atoms. The van der Waals surface area contributed by atoms with Gasteiger partial charge in [-0.15, -0.1) is 18.3 Å². The van der Waals surface area contributed by atoms with E-state index in [1.807, 2.05) is 62.4 Å². The first-order valence-corrected chi connectivity index (χ1v) is 15.5. The topological polar surface area (TPSA) is 87.2 Å². The van der Waals surface area contributed by atoms with Crippen molar-refractivity contribution in [2.45, 2.75) is 54.1 Å². The van der Waals surface area contributed by atoms with Crippen LogP contribution in [0.1, 0.15) is 36.1 Å². The van der Waals surface area contributed by atoms with Crippen LogP contribution in [0.3, 0.4) is 0 Å². The molecular formula is C31H35BrN2O5S. The molecule has 1 N–H and O–H groups in total. The number of fused-ring (bicyclic) bond motifs is 1. The number of benzene rings is 2. The van der Waals surface area contributed by atoms with Crippen LogP contribution < -0.4 is 4.90 Å². The Hall–Kier alpha value is -2.62. The minimum Gasteiger partial charge on any atom is -0.466 e. The van der Waals surface area contributed by atoms with Crippen LogP contribution in [0.25, 0.3) is 0 Å². The Morgan fingerprint density at radius 2 is 1.90 bits per heavy atom. The smallest absolute Gasteiger partial charge is 0.310 e. The Labute approximate surface area is 248 Å². The highest BCUT2D eigenvalue weighted by Gasteiger charge is 2.76. The number of aliphatic hydroxyl groups excluding tert-OH is 1. The zero-order chi connectivity index (χ0) is 28.8. The minimum absolute atomic E-state index is 0.0661. The van der Waals surface area contributed by atoms with Gasteiger partial charge >= 0.3 is 5.97 Å². The van der Waals surface area contributed by atoms with Crippen molar-refractivity contribution >= 4 is 51.2 Å². The fourth-order valence-electron chi connectivity index (χ4n) is 7.02. The molecule has 3 aliphatic heterocycles. The molecule has 3 heterocycles. The maximum absolute atomic E-state index is 14.9. The quantitative estimate of drug-likeness (QED) is 0.249. The molecule has 0 saturated carbocycles. The zero-order valence-electron chi connectivity index (χ0n) is 23.0. The third-order valence-electron chi connectivity index (χ3n) is 8.50. The van der Waals surface area contributed by atoms with Crippen molar-refractivity contribution in [3.8, 4) is 0 Å². The van der Waals surface area contributed by atoms with Gasteiger partial charge in [0.05, 0.1) is 35.8 Å². The monoisotopic (exact) mass is 626 g/mol. The average molecular weight is 628 g/mol. The number of amides is 2. The molecule has 2 aromatic rings. The van der Waals surface area contributed by atoms with Gasteiger partial charge in [0.2, 0.25) is 5.91 Å². The fourth-order valence-corrected chi connectivity index (χ4v) is 10.6. The summed E-state index contributed by atoms with van der Waals surface area (Å²) in [5.74, 6) is -2.34. The molecular weight excluding hydrogens is 592 g/mol. The Bertz CT molecular complexity index is 1300. The van der Waals surface area contributed by atoms with E-state index in [1.54, 1.807) is 34.6 Å². The van der Waals surface area contributed by atoms with Crippen molar-refractivity contribution in [2.75, 3.05) is 24.7 Å². The van der Waals surface area contributed by atoms with Crippen LogP contribution in [0.15, 0.2) is 61.2 Å². The molecule has 5 rings (SSSR count). The fraction of sp³-hybridized carbons (Fsp3) is 0.452. The number of halogens is 1. The Morgan fingerprint density at radius 1 is 1.23 bits per heavy atom. The molecule has 7 atom stereocenters. The van der Waals surface area contributed by atoms with E-state index >= 15 is 0 Å². The largest absolute Gasteiger partial charge is 0.466 e. The summed E-state index contributed by atoms with van der Waals surface area (Å²) in [4.78, 5) is 46.0. The normalized spacial score (nSPS) is 29.3. The Kier molecular flexibility index (Phi) is 8.19. The number of likely N-dealkylation sites (tertiary alicyclic amines) is 1. The van der Waals surface area contributed by atoms with E-state index in [0.29, 0.717) is 6.42 Å². The number of nitrogens with zero attached hydrogens (tertiary/aromatic N) is 2. The molecule has 3 fully saturated rings. The number of anilines is 1. The lowest BCUT2D eigenvalue weighted by Crippen LogP contribution is -2.56. The lowest BCUT2D eigenvalue weighted by Gasteiger charge is -2.40. The van der Waals surface area contributed by atoms with Crippen LogP contribution in [0.4, 0.5) is 5.69 Å². The van der Waals surface area contributed by atoms with E-state index in [0.717, 1.165) is 22.4 Å². The highest BCUT2D eigenvalue weighted by molar-refractivity contribution is 9.09. The molecule has 2 amide bonds. The molecule has 3 unspecified atom stereocenters. The predicted octanol–water partition coefficient (Wildman–Crippen LogP) is 4.58. The number of aryl methyl sites for hydroxylation is 2. The number of carbonyl (C=O) groups is 3. The first-order chi connectivity index (χ1) is 19.2. The number of carbonyl (C=O) groups excluding carboxylic acids is 3. The van der Waals surface area contributed by atoms with Crippen LogP contribution in [0, 0.1) is 25.7 Å². The van der Waals surface area contributed by atoms with Gasteiger partial charge < -0.3 is 19.6 Å². The molecule has 0 aromatic heterocycles. The molecule has 212 valence electrons. The van der Waals surface area contributed by atoms with Crippen LogP contribution >= 0.6 is 27.7 Å². The van der Waals surface area contributed by atoms with Crippen molar-refractivity contribution in [1.29, 1.82) is 0 Å². The summed E-state index contributed by atoms with van der Waals surface area (Å²) in [6, 6.07) is 13.5. The molecule has 9 heteroatoms. The second kappa shape index (κ2) is 11.3. The number of hydrogen-bond donors (Lipinski definition) is 1. The highest BCUT2D eigenvalue weighted by atomic mass is 79.9. The first kappa shape index (κ1) is 28.9. The molecule has 0 radical (unpaired) electrons. The number of hydrogen-bond acceptors (Lipinski definition) is 6. The number of thioether (sulfide) groups is 1. The number of esters is 1. The standard InChI is InChI=1S/C31H35BrN2O5S/c1-5-15-33(25-18(3)11-10-12-19(25)4)29(37)27-31-16-21(32)26(40-31)23(30(38)39-6-2)24(31)28(36)34(27)22(17-35)20-13-8-7-9-14-20/h5,7-14,21-24,26-27,35H,1,6,15-17H2,2-4H3/t21?,22-,23+,24+,26+,27?,31?/m1/s1. The van der Waals surface area contributed by atoms with E-state index in [2.05, 4.69) is 22.5 Å². The first-order valence-electron chi connectivity index (χ1n) is 13.7. The molecule has 3 saturated heterocycles. The van der Waals surface area contributed by atoms with Crippen molar-refractivity contribution in [3.63, 3.8) is 0 Å². The van der Waals surface area contributed by atoms with Gasteiger partial charge in [-0.2, -0.15) is 0 Å². The summed E-state index contributed by atoms with van der Waals surface area (Å²) in [6.45, 7) is 9.71. The van der Waals surface area contributed by atoms with Gasteiger partial charge in [0.25, 0.3) is 5.91 Å². The zero-order valence-corrected chi connectivity index (χ0v) is 25.4. The summed E-state index contributed by atoms with van der Waals surface area (Å²) in [5, 5.41) is 10.5. The van der Waals surface area contributed by atoms with Crippen LogP contribution in [0.5, 0.6) is 0 Å². The van der Waals surface area contributed by atoms with Gasteiger partial charge in [0, 0.05) is 22.3 Å². The van der Waals surface area contributed by atoms with Gasteiger partial charge in [-0.3, -0.25) is 14.4 Å². The van der Waals surface area contributed by atoms with Crippen molar-refractivity contribution in [2.24, 2.45) is 11.8 Å². The molecule has 3 aliphatic rings. The number of para-hydroxylation sites is 1. The maximum Gasteiger partial charge on any atom is 0.310 e. The van der Waals surface area contributed by atoms with E-state index in [-0.39, 0.29) is 41.6 Å². The van der Waals surface area contributed by atoms with Crippen LogP contribution in [-0.4, -0.2) is 68.4 Å². The SMILES string of the molecule is C=CCN(C(=O)C1N([C@H](CO)c2ccccc2)C(=O)[C@@H]2[C@H](C(=O)OCC)[C@H]3SC12CC3Br)c1c(C)cccc1C. The van der Waals surface area contributed by atoms with E-state index in [9.17, 15) is 19.5 Å². The van der Waals surface area contributed by atoms with Gasteiger partial charge in [-0.05, 0) is 43.9 Å². The summed E-state index contributed by atoms with van der Waals surface area (Å²) < 4.78 is 4.61. The van der Waals surface area contributed by atoms with Crippen molar-refractivity contribution < 1.29 is 24.2 Å². The number of ether oxygens (including phenoxy) is 1. The van der Waals surface area contributed by atoms with E-state index < -0.39 is 34.6 Å². The second-order valence-electron chi connectivity index (χ2n) is 10.7. The average Bonchev–Trinajstić information content (AvgIpc) is 3.52. The highest BCUT2D eigenvalue weighted by Crippen LogP contribution is 2.68. The van der Waals surface area contributed by atoms with Gasteiger partial charge in [-0.25, -0.2) is 0 Å². The molecule has 40 heavy (non-hydrogen) atoms. The van der Waals surface area contributed by atoms with Gasteiger partial charge in [0.15, 0.2) is 0 Å². The second-order valence-corrected chi connectivity index (χ2v) is 13.5. The summed E-state index contributed by atoms with van der Waals surface area (Å²) >= 11 is 5.35. The van der Waals surface area contributed by atoms with Crippen molar-refractivity contribution in [1.82, 2.24) is 4.90 Å². The number of rotatable bonds is 9. The van der Waals surface area contributed by atoms with Crippen LogP contribution in [-0.2, 0) is 19.1 Å². The maximum atomic E-state index is 14.9. The number of alkyl halides is 1. The summed E-state index contributed by atoms with van der Waals surface area (Å²) in [5.41, 5.74) is 3.40. The molecule has 7 nitrogen and oxygen atoms in total. The van der Waals surface area contributed by atoms with E-state index in [4.69, 9.17) is 4.74 Å². The molecule has 0 aliphatic carbocycles. The summed E-state index contributed by atoms with van der Waals surface area (Å²) in [6.07, 6.45) is 2.23. The minimum atomic E-state index is -0.907. The lowest BCUT2D eigenvalue weighted by atomic mass is 9.71. The van der Waals surface area contributed by atoms with Gasteiger partial charge in [-0.1, -0.05) is 70.5 Å². The Balaban J connectivity index is 1.69. The molecule has 2 aromatic carbocycles. The van der Waals surface area contributed by atoms with E-state index in [1.165, 1.54) is 0 Å². The van der Waals surface area contributed by atoms with Crippen molar-refractivity contribution in [3.05, 3.63) is 77.9 Å². The lowest BCUT2D eigenvalue weighted by molar-refractivity contribution is -0.154. The summed E-state index contributed by atoms with van der Waals surface area (Å²) in [7, 11) is 0. The predicted molar refractivity (Wildman–Crippen MR) is 160 cm³/mol. The molecule has 1 spiro atoms.